The first-order valence-electron chi connectivity index (χ1n) is 4.89. The molecule has 0 radical (unpaired) electrons. The molecular formula is C13H10OS. The average Bonchev–Trinajstić information content (AvgIpc) is 2.69. The summed E-state index contributed by atoms with van der Waals surface area (Å²) < 4.78 is 0. The van der Waals surface area contributed by atoms with Crippen LogP contribution in [0.15, 0.2) is 35.7 Å². The fraction of sp³-hybridized carbons (Fsp3) is 0.0769. The van der Waals surface area contributed by atoms with Gasteiger partial charge in [0.05, 0.1) is 0 Å². The van der Waals surface area contributed by atoms with Crippen LogP contribution in [0, 0.1) is 0 Å². The van der Waals surface area contributed by atoms with Crippen molar-refractivity contribution in [2.75, 3.05) is 0 Å². The Hall–Kier alpha value is -1.38. The van der Waals surface area contributed by atoms with Gasteiger partial charge in [0.25, 0.3) is 0 Å². The van der Waals surface area contributed by atoms with Gasteiger partial charge >= 0.3 is 0 Å². The van der Waals surface area contributed by atoms with Crippen LogP contribution in [0.2, 0.25) is 0 Å². The Labute approximate surface area is 92.3 Å². The van der Waals surface area contributed by atoms with E-state index in [1.807, 2.05) is 35.7 Å². The molecule has 0 aliphatic heterocycles. The Bertz CT molecular complexity index is 525. The highest BCUT2D eigenvalue weighted by atomic mass is 32.1. The smallest absolute Gasteiger partial charge is 0.106 e. The summed E-state index contributed by atoms with van der Waals surface area (Å²) in [5, 5.41) is 12.3. The molecular weight excluding hydrogens is 204 g/mol. The van der Waals surface area contributed by atoms with Gasteiger partial charge in [-0.1, -0.05) is 30.3 Å². The predicted octanol–water partition coefficient (Wildman–Crippen LogP) is 3.31. The molecule has 15 heavy (non-hydrogen) atoms. The van der Waals surface area contributed by atoms with Crippen molar-refractivity contribution in [3.05, 3.63) is 57.3 Å². The van der Waals surface area contributed by atoms with Gasteiger partial charge in [0.2, 0.25) is 0 Å². The monoisotopic (exact) mass is 214 g/mol. The molecule has 3 rings (SSSR count). The van der Waals surface area contributed by atoms with Crippen LogP contribution in [-0.2, 0) is 0 Å². The number of aliphatic hydroxyl groups excluding tert-OH is 1. The lowest BCUT2D eigenvalue weighted by atomic mass is 10.00. The van der Waals surface area contributed by atoms with Gasteiger partial charge in [0.15, 0.2) is 0 Å². The quantitative estimate of drug-likeness (QED) is 0.713. The molecule has 0 spiro atoms. The van der Waals surface area contributed by atoms with Crippen LogP contribution < -0.4 is 0 Å². The van der Waals surface area contributed by atoms with E-state index in [0.29, 0.717) is 0 Å². The number of benzene rings is 1. The van der Waals surface area contributed by atoms with Gasteiger partial charge in [0.1, 0.15) is 6.10 Å². The molecule has 1 heterocycles. The van der Waals surface area contributed by atoms with E-state index in [2.05, 4.69) is 12.2 Å². The Morgan fingerprint density at radius 1 is 1.00 bits per heavy atom. The largest absolute Gasteiger partial charge is 0.384 e. The molecule has 1 N–H and O–H groups in total. The maximum Gasteiger partial charge on any atom is 0.106 e. The molecule has 1 aliphatic rings. The third-order valence-corrected chi connectivity index (χ3v) is 3.62. The third-order valence-electron chi connectivity index (χ3n) is 2.73. The lowest BCUT2D eigenvalue weighted by molar-refractivity contribution is 0.220. The van der Waals surface area contributed by atoms with E-state index in [-0.39, 0.29) is 0 Å². The average molecular weight is 214 g/mol. The van der Waals surface area contributed by atoms with Crippen LogP contribution in [-0.4, -0.2) is 5.11 Å². The molecule has 0 amide bonds. The van der Waals surface area contributed by atoms with E-state index in [1.54, 1.807) is 11.3 Å². The number of aliphatic hydroxyl groups is 1. The van der Waals surface area contributed by atoms with E-state index in [0.717, 1.165) is 21.6 Å². The molecule has 0 bridgehead atoms. The topological polar surface area (TPSA) is 20.2 Å². The summed E-state index contributed by atoms with van der Waals surface area (Å²) in [7, 11) is 0. The van der Waals surface area contributed by atoms with E-state index in [9.17, 15) is 5.11 Å². The molecule has 1 atom stereocenters. The van der Waals surface area contributed by atoms with Crippen molar-refractivity contribution in [3.8, 4) is 0 Å². The van der Waals surface area contributed by atoms with Gasteiger partial charge in [-0.15, -0.1) is 11.3 Å². The Kier molecular flexibility index (Phi) is 1.97. The highest BCUT2D eigenvalue weighted by Gasteiger charge is 2.18. The zero-order chi connectivity index (χ0) is 10.3. The van der Waals surface area contributed by atoms with Crippen LogP contribution >= 0.6 is 11.3 Å². The summed E-state index contributed by atoms with van der Waals surface area (Å²) in [5.41, 5.74) is 3.11. The minimum Gasteiger partial charge on any atom is -0.384 e. The third kappa shape index (κ3) is 1.34. The van der Waals surface area contributed by atoms with Gasteiger partial charge in [-0.2, -0.15) is 0 Å². The molecule has 1 nitrogen and oxygen atoms in total. The minimum atomic E-state index is -0.488. The summed E-state index contributed by atoms with van der Waals surface area (Å²) >= 11 is 1.67. The lowest BCUT2D eigenvalue weighted by Crippen LogP contribution is -1.99. The van der Waals surface area contributed by atoms with Crippen molar-refractivity contribution in [2.45, 2.75) is 6.10 Å². The highest BCUT2D eigenvalue weighted by molar-refractivity contribution is 7.11. The number of hydrogen-bond donors (Lipinski definition) is 1. The van der Waals surface area contributed by atoms with Crippen LogP contribution in [0.4, 0.5) is 0 Å². The molecule has 0 saturated carbocycles. The van der Waals surface area contributed by atoms with Gasteiger partial charge in [-0.05, 0) is 28.6 Å². The summed E-state index contributed by atoms with van der Waals surface area (Å²) in [5.74, 6) is 0. The van der Waals surface area contributed by atoms with Gasteiger partial charge in [-0.25, -0.2) is 0 Å². The molecule has 0 fully saturated rings. The molecule has 1 aromatic carbocycles. The molecule has 0 saturated heterocycles. The maximum absolute atomic E-state index is 10.2. The number of thiophene rings is 1. The van der Waals surface area contributed by atoms with E-state index >= 15 is 0 Å². The van der Waals surface area contributed by atoms with Crippen molar-refractivity contribution in [3.63, 3.8) is 0 Å². The first-order valence-corrected chi connectivity index (χ1v) is 5.77. The van der Waals surface area contributed by atoms with E-state index in [1.165, 1.54) is 0 Å². The van der Waals surface area contributed by atoms with Crippen molar-refractivity contribution < 1.29 is 5.11 Å². The maximum atomic E-state index is 10.2. The molecule has 2 heteroatoms. The van der Waals surface area contributed by atoms with Crippen molar-refractivity contribution in [2.24, 2.45) is 0 Å². The van der Waals surface area contributed by atoms with Crippen molar-refractivity contribution in [1.29, 1.82) is 0 Å². The second-order valence-electron chi connectivity index (χ2n) is 3.60. The van der Waals surface area contributed by atoms with Crippen LogP contribution in [0.5, 0.6) is 0 Å². The first-order chi connectivity index (χ1) is 7.36. The number of rotatable bonds is 0. The standard InChI is InChI=1S/C13H10OS/c14-13-10-4-2-1-3-9(10)5-6-12-11(13)7-8-15-12/h1-8,13-14H. The minimum absolute atomic E-state index is 0.488. The van der Waals surface area contributed by atoms with Crippen LogP contribution in [0.3, 0.4) is 0 Å². The summed E-state index contributed by atoms with van der Waals surface area (Å²) in [4.78, 5) is 1.15. The molecule has 2 aromatic rings. The zero-order valence-corrected chi connectivity index (χ0v) is 8.87. The molecule has 1 aromatic heterocycles. The van der Waals surface area contributed by atoms with Gasteiger partial charge < -0.3 is 5.11 Å². The lowest BCUT2D eigenvalue weighted by Gasteiger charge is -2.11. The van der Waals surface area contributed by atoms with Gasteiger partial charge in [0, 0.05) is 10.4 Å². The fourth-order valence-electron chi connectivity index (χ4n) is 1.94. The Balaban J connectivity index is 2.26. The van der Waals surface area contributed by atoms with Crippen molar-refractivity contribution >= 4 is 23.5 Å². The second-order valence-corrected chi connectivity index (χ2v) is 4.55. The second kappa shape index (κ2) is 3.33. The normalized spacial score (nSPS) is 18.1. The SMILES string of the molecule is OC1c2ccccc2C=Cc2sccc21. The van der Waals surface area contributed by atoms with E-state index in [4.69, 9.17) is 0 Å². The molecule has 1 aliphatic carbocycles. The van der Waals surface area contributed by atoms with Crippen molar-refractivity contribution in [1.82, 2.24) is 0 Å². The summed E-state index contributed by atoms with van der Waals surface area (Å²) in [6, 6.07) is 9.97. The molecule has 74 valence electrons. The summed E-state index contributed by atoms with van der Waals surface area (Å²) in [6.07, 6.45) is 3.66. The first kappa shape index (κ1) is 8.89. The highest BCUT2D eigenvalue weighted by Crippen LogP contribution is 2.34. The summed E-state index contributed by atoms with van der Waals surface area (Å²) in [6.45, 7) is 0. The Morgan fingerprint density at radius 3 is 2.80 bits per heavy atom. The number of fused-ring (bicyclic) bond motifs is 2. The fourth-order valence-corrected chi connectivity index (χ4v) is 2.76. The van der Waals surface area contributed by atoms with Crippen LogP contribution in [0.25, 0.3) is 12.2 Å². The van der Waals surface area contributed by atoms with Gasteiger partial charge in [-0.3, -0.25) is 0 Å². The number of hydrogen-bond acceptors (Lipinski definition) is 2. The van der Waals surface area contributed by atoms with E-state index < -0.39 is 6.10 Å². The van der Waals surface area contributed by atoms with Crippen LogP contribution in [0.1, 0.15) is 27.7 Å². The zero-order valence-electron chi connectivity index (χ0n) is 8.05. The predicted molar refractivity (Wildman–Crippen MR) is 63.8 cm³/mol. The molecule has 1 unspecified atom stereocenters. The Morgan fingerprint density at radius 2 is 1.87 bits per heavy atom.